The van der Waals surface area contributed by atoms with Gasteiger partial charge < -0.3 is 4.90 Å². The third-order valence-corrected chi connectivity index (χ3v) is 6.63. The van der Waals surface area contributed by atoms with E-state index in [0.29, 0.717) is 6.42 Å². The Morgan fingerprint density at radius 3 is 2.50 bits per heavy atom. The predicted molar refractivity (Wildman–Crippen MR) is 97.2 cm³/mol. The zero-order chi connectivity index (χ0) is 17.5. The Balaban J connectivity index is 1.77. The molecule has 1 aromatic heterocycles. The molecule has 2 heterocycles. The molecular weight excluding hydrogens is 322 g/mol. The third kappa shape index (κ3) is 3.48. The number of anilines is 1. The van der Waals surface area contributed by atoms with Gasteiger partial charge in [0.05, 0.1) is 23.2 Å². The van der Waals surface area contributed by atoms with Crippen LogP contribution in [-0.4, -0.2) is 36.8 Å². The lowest BCUT2D eigenvalue weighted by atomic mass is 10.0. The van der Waals surface area contributed by atoms with Crippen LogP contribution in [0.15, 0.2) is 30.6 Å². The summed E-state index contributed by atoms with van der Waals surface area (Å²) < 4.78 is 25.4. The van der Waals surface area contributed by atoms with Gasteiger partial charge in [0.25, 0.3) is 0 Å². The van der Waals surface area contributed by atoms with Gasteiger partial charge in [-0.2, -0.15) is 5.10 Å². The largest absolute Gasteiger partial charge is 0.370 e. The number of nitrogens with zero attached hydrogens (tertiary/aromatic N) is 3. The van der Waals surface area contributed by atoms with Crippen molar-refractivity contribution < 1.29 is 8.42 Å². The number of aryl methyl sites for hydroxylation is 2. The van der Waals surface area contributed by atoms with Crippen molar-refractivity contribution in [2.75, 3.05) is 23.5 Å². The molecule has 0 amide bonds. The van der Waals surface area contributed by atoms with E-state index in [0.717, 1.165) is 12.1 Å². The highest BCUT2D eigenvalue weighted by atomic mass is 32.2. The molecule has 1 atom stereocenters. The zero-order valence-corrected chi connectivity index (χ0v) is 15.6. The Hall–Kier alpha value is -1.82. The van der Waals surface area contributed by atoms with Crippen LogP contribution < -0.4 is 4.90 Å². The standard InChI is InChI=1S/C18H25N3O2S/c1-14-7-15(2)9-17(8-14)20(4)11-16-10-19-21(12-16)18(3)5-6-24(22,23)13-18/h7-10,12H,5-6,11,13H2,1-4H3/t18-/m0/s1. The fraction of sp³-hybridized carbons (Fsp3) is 0.500. The Bertz CT molecular complexity index is 837. The number of rotatable bonds is 4. The second kappa shape index (κ2) is 5.92. The highest BCUT2D eigenvalue weighted by Crippen LogP contribution is 2.30. The average molecular weight is 347 g/mol. The van der Waals surface area contributed by atoms with Crippen molar-refractivity contribution >= 4 is 15.5 Å². The lowest BCUT2D eigenvalue weighted by Gasteiger charge is -2.23. The van der Waals surface area contributed by atoms with Crippen LogP contribution in [0, 0.1) is 13.8 Å². The summed E-state index contributed by atoms with van der Waals surface area (Å²) in [6, 6.07) is 6.50. The van der Waals surface area contributed by atoms with E-state index in [9.17, 15) is 8.42 Å². The van der Waals surface area contributed by atoms with Gasteiger partial charge >= 0.3 is 0 Å². The molecule has 0 unspecified atom stereocenters. The van der Waals surface area contributed by atoms with E-state index in [2.05, 4.69) is 49.1 Å². The van der Waals surface area contributed by atoms with E-state index in [4.69, 9.17) is 0 Å². The number of benzene rings is 1. The van der Waals surface area contributed by atoms with Crippen molar-refractivity contribution in [1.29, 1.82) is 0 Å². The van der Waals surface area contributed by atoms with Crippen LogP contribution in [0.2, 0.25) is 0 Å². The molecule has 3 rings (SSSR count). The van der Waals surface area contributed by atoms with Crippen molar-refractivity contribution in [3.05, 3.63) is 47.3 Å². The summed E-state index contributed by atoms with van der Waals surface area (Å²) >= 11 is 0. The summed E-state index contributed by atoms with van der Waals surface area (Å²) in [5.74, 6) is 0.426. The Morgan fingerprint density at radius 1 is 1.25 bits per heavy atom. The van der Waals surface area contributed by atoms with Gasteiger partial charge in [0, 0.05) is 31.0 Å². The maximum absolute atomic E-state index is 11.8. The second-order valence-corrected chi connectivity index (χ2v) is 9.52. The van der Waals surface area contributed by atoms with E-state index >= 15 is 0 Å². The molecule has 24 heavy (non-hydrogen) atoms. The van der Waals surface area contributed by atoms with Gasteiger partial charge in [0.15, 0.2) is 9.84 Å². The Labute approximate surface area is 144 Å². The maximum Gasteiger partial charge on any atom is 0.152 e. The Kier molecular flexibility index (Phi) is 4.20. The van der Waals surface area contributed by atoms with E-state index in [1.165, 1.54) is 16.8 Å². The van der Waals surface area contributed by atoms with Crippen LogP contribution in [0.25, 0.3) is 0 Å². The highest BCUT2D eigenvalue weighted by Gasteiger charge is 2.40. The fourth-order valence-corrected chi connectivity index (χ4v) is 5.57. The summed E-state index contributed by atoms with van der Waals surface area (Å²) in [7, 11) is -0.877. The monoisotopic (exact) mass is 347 g/mol. The van der Waals surface area contributed by atoms with Crippen LogP contribution in [0.5, 0.6) is 0 Å². The molecule has 1 aliphatic heterocycles. The predicted octanol–water partition coefficient (Wildman–Crippen LogP) is 2.67. The highest BCUT2D eigenvalue weighted by molar-refractivity contribution is 7.91. The minimum Gasteiger partial charge on any atom is -0.370 e. The molecule has 0 radical (unpaired) electrons. The first-order valence-corrected chi connectivity index (χ1v) is 10.0. The molecule has 0 N–H and O–H groups in total. The van der Waals surface area contributed by atoms with Crippen molar-refractivity contribution in [3.63, 3.8) is 0 Å². The smallest absolute Gasteiger partial charge is 0.152 e. The van der Waals surface area contributed by atoms with Crippen molar-refractivity contribution in [3.8, 4) is 0 Å². The van der Waals surface area contributed by atoms with Gasteiger partial charge in [0.2, 0.25) is 0 Å². The second-order valence-electron chi connectivity index (χ2n) is 7.33. The van der Waals surface area contributed by atoms with Gasteiger partial charge in [0.1, 0.15) is 0 Å². The average Bonchev–Trinajstić information content (AvgIpc) is 3.03. The molecule has 1 aliphatic rings. The molecule has 1 fully saturated rings. The molecule has 2 aromatic rings. The lowest BCUT2D eigenvalue weighted by molar-refractivity contribution is 0.328. The quantitative estimate of drug-likeness (QED) is 0.853. The van der Waals surface area contributed by atoms with Crippen LogP contribution in [0.4, 0.5) is 5.69 Å². The van der Waals surface area contributed by atoms with E-state index in [-0.39, 0.29) is 11.5 Å². The molecule has 0 spiro atoms. The first-order valence-electron chi connectivity index (χ1n) is 8.21. The summed E-state index contributed by atoms with van der Waals surface area (Å²) in [6.07, 6.45) is 4.46. The van der Waals surface area contributed by atoms with Gasteiger partial charge in [-0.25, -0.2) is 8.42 Å². The SMILES string of the molecule is Cc1cc(C)cc(N(C)Cc2cnn([C@@]3(C)CCS(=O)(=O)C3)c2)c1. The molecule has 1 aromatic carbocycles. The van der Waals surface area contributed by atoms with E-state index < -0.39 is 15.4 Å². The number of aromatic nitrogens is 2. The lowest BCUT2D eigenvalue weighted by Crippen LogP contribution is -2.31. The molecule has 0 saturated carbocycles. The summed E-state index contributed by atoms with van der Waals surface area (Å²) in [5, 5.41) is 4.44. The van der Waals surface area contributed by atoms with Crippen molar-refractivity contribution in [2.24, 2.45) is 0 Å². The molecule has 1 saturated heterocycles. The molecule has 6 heteroatoms. The summed E-state index contributed by atoms with van der Waals surface area (Å²) in [5.41, 5.74) is 4.33. The minimum absolute atomic E-state index is 0.175. The first-order chi connectivity index (χ1) is 11.2. The molecule has 0 bridgehead atoms. The molecule has 5 nitrogen and oxygen atoms in total. The molecule has 0 aliphatic carbocycles. The van der Waals surface area contributed by atoms with Crippen LogP contribution in [-0.2, 0) is 21.9 Å². The van der Waals surface area contributed by atoms with Gasteiger partial charge in [-0.05, 0) is 50.5 Å². The topological polar surface area (TPSA) is 55.2 Å². The van der Waals surface area contributed by atoms with Gasteiger partial charge in [-0.15, -0.1) is 0 Å². The Morgan fingerprint density at radius 2 is 1.92 bits per heavy atom. The first kappa shape index (κ1) is 17.0. The third-order valence-electron chi connectivity index (χ3n) is 4.74. The number of hydrogen-bond acceptors (Lipinski definition) is 4. The zero-order valence-electron chi connectivity index (χ0n) is 14.8. The van der Waals surface area contributed by atoms with Crippen molar-refractivity contribution in [1.82, 2.24) is 9.78 Å². The normalized spacial score (nSPS) is 22.7. The van der Waals surface area contributed by atoms with Crippen LogP contribution in [0.1, 0.15) is 30.0 Å². The molecule has 130 valence electrons. The number of hydrogen-bond donors (Lipinski definition) is 0. The minimum atomic E-state index is -2.94. The summed E-state index contributed by atoms with van der Waals surface area (Å²) in [4.78, 5) is 2.19. The van der Waals surface area contributed by atoms with Crippen molar-refractivity contribution in [2.45, 2.75) is 39.3 Å². The maximum atomic E-state index is 11.8. The number of sulfone groups is 1. The molecular formula is C18H25N3O2S. The summed E-state index contributed by atoms with van der Waals surface area (Å²) in [6.45, 7) is 6.92. The van der Waals surface area contributed by atoms with Crippen LogP contribution in [0.3, 0.4) is 0 Å². The van der Waals surface area contributed by atoms with Crippen LogP contribution >= 0.6 is 0 Å². The van der Waals surface area contributed by atoms with Gasteiger partial charge in [-0.1, -0.05) is 6.07 Å². The fourth-order valence-electron chi connectivity index (χ4n) is 3.45. The van der Waals surface area contributed by atoms with E-state index in [1.54, 1.807) is 0 Å². The van der Waals surface area contributed by atoms with Gasteiger partial charge in [-0.3, -0.25) is 4.68 Å². The van der Waals surface area contributed by atoms with E-state index in [1.807, 2.05) is 24.0 Å².